The molecule has 1 aliphatic rings. The van der Waals surface area contributed by atoms with Crippen molar-refractivity contribution in [1.29, 1.82) is 5.26 Å². The highest BCUT2D eigenvalue weighted by Crippen LogP contribution is 2.39. The molecule has 2 aromatic carbocycles. The molecular weight excluding hydrogens is 314 g/mol. The van der Waals surface area contributed by atoms with Gasteiger partial charge >= 0.3 is 0 Å². The first-order chi connectivity index (χ1) is 12.1. The van der Waals surface area contributed by atoms with Crippen LogP contribution in [-0.2, 0) is 16.1 Å². The molecule has 1 fully saturated rings. The number of nitriles is 1. The van der Waals surface area contributed by atoms with Crippen LogP contribution in [0.25, 0.3) is 0 Å². The van der Waals surface area contributed by atoms with Gasteiger partial charge in [-0.3, -0.25) is 9.59 Å². The van der Waals surface area contributed by atoms with Crippen LogP contribution in [0.2, 0.25) is 0 Å². The van der Waals surface area contributed by atoms with Crippen LogP contribution in [0.1, 0.15) is 23.1 Å². The molecule has 0 aliphatic heterocycles. The Hall–Kier alpha value is -3.13. The van der Waals surface area contributed by atoms with E-state index in [1.54, 1.807) is 24.3 Å². The van der Waals surface area contributed by atoms with Gasteiger partial charge in [0.1, 0.15) is 0 Å². The first-order valence-corrected chi connectivity index (χ1v) is 8.21. The van der Waals surface area contributed by atoms with Crippen molar-refractivity contribution in [3.63, 3.8) is 0 Å². The van der Waals surface area contributed by atoms with Crippen molar-refractivity contribution >= 4 is 17.5 Å². The van der Waals surface area contributed by atoms with E-state index in [0.717, 1.165) is 11.1 Å². The maximum Gasteiger partial charge on any atom is 0.228 e. The summed E-state index contributed by atoms with van der Waals surface area (Å²) in [5.74, 6) is -0.779. The number of rotatable bonds is 5. The molecule has 3 rings (SSSR count). The molecule has 2 amide bonds. The van der Waals surface area contributed by atoms with Crippen molar-refractivity contribution in [2.24, 2.45) is 11.8 Å². The number of nitrogens with one attached hydrogen (secondary N) is 2. The highest BCUT2D eigenvalue weighted by atomic mass is 16.2. The largest absolute Gasteiger partial charge is 0.352 e. The van der Waals surface area contributed by atoms with Crippen LogP contribution in [0.3, 0.4) is 0 Å². The van der Waals surface area contributed by atoms with Gasteiger partial charge in [0.15, 0.2) is 0 Å². The number of aryl methyl sites for hydroxylation is 1. The molecule has 5 heteroatoms. The van der Waals surface area contributed by atoms with E-state index in [-0.39, 0.29) is 23.7 Å². The molecule has 126 valence electrons. The lowest BCUT2D eigenvalue weighted by atomic mass is 10.1. The Labute approximate surface area is 146 Å². The number of amides is 2. The number of hydrogen-bond donors (Lipinski definition) is 2. The summed E-state index contributed by atoms with van der Waals surface area (Å²) in [6, 6.07) is 16.7. The predicted molar refractivity (Wildman–Crippen MR) is 94.4 cm³/mol. The third-order valence-electron chi connectivity index (χ3n) is 4.29. The van der Waals surface area contributed by atoms with E-state index in [1.807, 2.05) is 37.3 Å². The number of anilines is 1. The van der Waals surface area contributed by atoms with Gasteiger partial charge in [0.2, 0.25) is 11.8 Å². The molecule has 1 saturated carbocycles. The topological polar surface area (TPSA) is 82.0 Å². The molecule has 2 aromatic rings. The maximum absolute atomic E-state index is 12.2. The normalized spacial score (nSPS) is 18.1. The van der Waals surface area contributed by atoms with Gasteiger partial charge in [-0.25, -0.2) is 0 Å². The summed E-state index contributed by atoms with van der Waals surface area (Å²) in [5, 5.41) is 14.5. The fourth-order valence-electron chi connectivity index (χ4n) is 2.78. The molecule has 0 aromatic heterocycles. The molecule has 0 spiro atoms. The van der Waals surface area contributed by atoms with Gasteiger partial charge < -0.3 is 10.6 Å². The van der Waals surface area contributed by atoms with Crippen molar-refractivity contribution in [3.05, 3.63) is 65.2 Å². The second-order valence-electron chi connectivity index (χ2n) is 6.33. The molecule has 2 unspecified atom stereocenters. The Morgan fingerprint density at radius 2 is 1.84 bits per heavy atom. The van der Waals surface area contributed by atoms with Crippen LogP contribution in [0, 0.1) is 30.1 Å². The zero-order chi connectivity index (χ0) is 17.8. The molecule has 0 heterocycles. The highest BCUT2D eigenvalue weighted by molar-refractivity contribution is 5.99. The van der Waals surface area contributed by atoms with Crippen molar-refractivity contribution < 1.29 is 9.59 Å². The summed E-state index contributed by atoms with van der Waals surface area (Å²) in [4.78, 5) is 24.4. The van der Waals surface area contributed by atoms with Crippen molar-refractivity contribution in [2.75, 3.05) is 5.32 Å². The van der Waals surface area contributed by atoms with Gasteiger partial charge in [-0.15, -0.1) is 0 Å². The standard InChI is InChI=1S/C20H19N3O2/c1-13-3-2-4-15(9-13)12-22-19(24)17-10-18(17)20(25)23-16-7-5-14(11-21)6-8-16/h2-9,17-18H,10,12H2,1H3,(H,22,24)(H,23,25). The van der Waals surface area contributed by atoms with Crippen molar-refractivity contribution in [1.82, 2.24) is 5.32 Å². The van der Waals surface area contributed by atoms with Gasteiger partial charge in [0.05, 0.1) is 23.5 Å². The highest BCUT2D eigenvalue weighted by Gasteiger charge is 2.47. The third kappa shape index (κ3) is 4.24. The Morgan fingerprint density at radius 3 is 2.52 bits per heavy atom. The molecule has 0 saturated heterocycles. The van der Waals surface area contributed by atoms with Gasteiger partial charge in [0.25, 0.3) is 0 Å². The Morgan fingerprint density at radius 1 is 1.12 bits per heavy atom. The van der Waals surface area contributed by atoms with Crippen molar-refractivity contribution in [3.8, 4) is 6.07 Å². The lowest BCUT2D eigenvalue weighted by molar-refractivity contribution is -0.125. The van der Waals surface area contributed by atoms with E-state index in [4.69, 9.17) is 5.26 Å². The van der Waals surface area contributed by atoms with E-state index in [9.17, 15) is 9.59 Å². The van der Waals surface area contributed by atoms with Crippen LogP contribution in [0.4, 0.5) is 5.69 Å². The number of carbonyl (C=O) groups is 2. The first-order valence-electron chi connectivity index (χ1n) is 8.21. The average Bonchev–Trinajstić information content (AvgIpc) is 3.41. The molecule has 2 N–H and O–H groups in total. The van der Waals surface area contributed by atoms with Gasteiger partial charge in [-0.1, -0.05) is 29.8 Å². The second-order valence-corrected chi connectivity index (χ2v) is 6.33. The van der Waals surface area contributed by atoms with Gasteiger partial charge in [0, 0.05) is 12.2 Å². The zero-order valence-corrected chi connectivity index (χ0v) is 14.0. The summed E-state index contributed by atoms with van der Waals surface area (Å²) in [7, 11) is 0. The predicted octanol–water partition coefficient (Wildman–Crippen LogP) is 2.76. The van der Waals surface area contributed by atoms with Crippen LogP contribution in [-0.4, -0.2) is 11.8 Å². The summed E-state index contributed by atoms with van der Waals surface area (Å²) in [5.41, 5.74) is 3.37. The molecule has 1 aliphatic carbocycles. The Bertz CT molecular complexity index is 837. The molecule has 2 atom stereocenters. The lowest BCUT2D eigenvalue weighted by Gasteiger charge is -2.07. The fourth-order valence-corrected chi connectivity index (χ4v) is 2.78. The minimum absolute atomic E-state index is 0.0820. The Balaban J connectivity index is 1.48. The van der Waals surface area contributed by atoms with Crippen LogP contribution >= 0.6 is 0 Å². The molecule has 25 heavy (non-hydrogen) atoms. The maximum atomic E-state index is 12.2. The fraction of sp³-hybridized carbons (Fsp3) is 0.250. The van der Waals surface area contributed by atoms with E-state index in [1.165, 1.54) is 0 Å². The van der Waals surface area contributed by atoms with Gasteiger partial charge in [-0.05, 0) is 43.2 Å². The monoisotopic (exact) mass is 333 g/mol. The number of nitrogens with zero attached hydrogens (tertiary/aromatic N) is 1. The molecular formula is C20H19N3O2. The summed E-state index contributed by atoms with van der Waals surface area (Å²) < 4.78 is 0. The summed E-state index contributed by atoms with van der Waals surface area (Å²) in [6.07, 6.45) is 0.571. The first kappa shape index (κ1) is 16.7. The summed E-state index contributed by atoms with van der Waals surface area (Å²) >= 11 is 0. The molecule has 5 nitrogen and oxygen atoms in total. The van der Waals surface area contributed by atoms with Crippen molar-refractivity contribution in [2.45, 2.75) is 19.9 Å². The van der Waals surface area contributed by atoms with E-state index >= 15 is 0 Å². The third-order valence-corrected chi connectivity index (χ3v) is 4.29. The Kier molecular flexibility index (Phi) is 4.80. The van der Waals surface area contributed by atoms with Crippen LogP contribution < -0.4 is 10.6 Å². The van der Waals surface area contributed by atoms with Crippen LogP contribution in [0.15, 0.2) is 48.5 Å². The van der Waals surface area contributed by atoms with E-state index in [0.29, 0.717) is 24.2 Å². The average molecular weight is 333 g/mol. The zero-order valence-electron chi connectivity index (χ0n) is 14.0. The lowest BCUT2D eigenvalue weighted by Crippen LogP contribution is -2.27. The minimum atomic E-state index is -0.284. The minimum Gasteiger partial charge on any atom is -0.352 e. The SMILES string of the molecule is Cc1cccc(CNC(=O)C2CC2C(=O)Nc2ccc(C#N)cc2)c1. The van der Waals surface area contributed by atoms with Crippen LogP contribution in [0.5, 0.6) is 0 Å². The summed E-state index contributed by atoms with van der Waals surface area (Å²) in [6.45, 7) is 2.48. The molecule has 0 bridgehead atoms. The number of carbonyl (C=O) groups excluding carboxylic acids is 2. The van der Waals surface area contributed by atoms with E-state index < -0.39 is 0 Å². The second kappa shape index (κ2) is 7.18. The van der Waals surface area contributed by atoms with Gasteiger partial charge in [-0.2, -0.15) is 5.26 Å². The number of hydrogen-bond acceptors (Lipinski definition) is 3. The smallest absolute Gasteiger partial charge is 0.228 e. The quantitative estimate of drug-likeness (QED) is 0.882. The van der Waals surface area contributed by atoms with E-state index in [2.05, 4.69) is 10.6 Å². The number of benzene rings is 2. The molecule has 0 radical (unpaired) electrons.